The van der Waals surface area contributed by atoms with Crippen LogP contribution in [-0.2, 0) is 58.3 Å². The van der Waals surface area contributed by atoms with Gasteiger partial charge >= 0.3 is 23.1 Å². The van der Waals surface area contributed by atoms with Gasteiger partial charge < -0.3 is 0 Å². The Morgan fingerprint density at radius 3 is 1.00 bits per heavy atom. The number of hydrogen-bond donors (Lipinski definition) is 0. The van der Waals surface area contributed by atoms with Gasteiger partial charge in [0.05, 0.1) is 0 Å². The molecule has 0 heterocycles. The Balaban J connectivity index is 0. The molecule has 0 atom stereocenters. The molecule has 0 aromatic heterocycles. The molecule has 0 bridgehead atoms. The van der Waals surface area contributed by atoms with E-state index in [0.717, 1.165) is 0 Å². The van der Waals surface area contributed by atoms with E-state index >= 15 is 0 Å². The predicted molar refractivity (Wildman–Crippen MR) is 8.54 cm³/mol. The van der Waals surface area contributed by atoms with Crippen molar-refractivity contribution in [1.82, 2.24) is 0 Å². The van der Waals surface area contributed by atoms with Gasteiger partial charge in [0.2, 0.25) is 0 Å². The summed E-state index contributed by atoms with van der Waals surface area (Å²) in [6.45, 7) is 0. The Morgan fingerprint density at radius 2 is 1.00 bits per heavy atom. The van der Waals surface area contributed by atoms with E-state index in [1.807, 2.05) is 0 Å². The van der Waals surface area contributed by atoms with E-state index < -0.39 is 0 Å². The summed E-state index contributed by atoms with van der Waals surface area (Å²) in [7, 11) is 0. The minimum Gasteiger partial charge on any atom is 0 e. The molecule has 0 nitrogen and oxygen atoms in total. The maximum absolute atomic E-state index is 0. The molecule has 0 N–H and O–H groups in total. The summed E-state index contributed by atoms with van der Waals surface area (Å²) in [5, 5.41) is 0. The molecule has 0 unspecified atom stereocenters. The van der Waals surface area contributed by atoms with Crippen molar-refractivity contribution in [3.63, 3.8) is 0 Å². The van der Waals surface area contributed by atoms with E-state index in [4.69, 9.17) is 0 Å². The zero-order chi connectivity index (χ0) is 0. The summed E-state index contributed by atoms with van der Waals surface area (Å²) >= 11 is 0. The Morgan fingerprint density at radius 1 is 1.00 bits per heavy atom. The maximum Gasteiger partial charge on any atom is 0.316 e. The first-order chi connectivity index (χ1) is 0. The summed E-state index contributed by atoms with van der Waals surface area (Å²) in [6, 6.07) is 0. The second kappa shape index (κ2) is 17.5. The van der Waals surface area contributed by atoms with E-state index in [2.05, 4.69) is 0 Å². The maximum atomic E-state index is 0. The van der Waals surface area contributed by atoms with Crippen LogP contribution in [0.3, 0.4) is 0 Å². The van der Waals surface area contributed by atoms with Crippen LogP contribution >= 0.6 is 0 Å². The van der Waals surface area contributed by atoms with Gasteiger partial charge in [-0.05, 0) is 0 Å². The molecule has 4 heteroatoms. The molecule has 0 spiro atoms. The third-order valence-electron chi connectivity index (χ3n) is 0. The van der Waals surface area contributed by atoms with Gasteiger partial charge in [0, 0.05) is 58.3 Å². The van der Waals surface area contributed by atoms with Gasteiger partial charge in [0.25, 0.3) is 0 Å². The average molecular weight is 203 g/mol. The van der Waals surface area contributed by atoms with Crippen molar-refractivity contribution in [1.29, 1.82) is 0 Å². The molecule has 0 amide bonds. The second-order valence-electron chi connectivity index (χ2n) is 0. The molecule has 0 aromatic carbocycles. The van der Waals surface area contributed by atoms with Crippen molar-refractivity contribution in [2.24, 2.45) is 0 Å². The average Bonchev–Trinajstić information content (AvgIpc) is 0. The fourth-order valence-electron chi connectivity index (χ4n) is 0. The van der Waals surface area contributed by atoms with E-state index in [1.165, 1.54) is 0 Å². The van der Waals surface area contributed by atoms with Crippen LogP contribution in [0, 0.1) is 0 Å². The topological polar surface area (TPSA) is 0 Å². The molecular formula is H2CuMgTiZn. The predicted octanol–water partition coefficient (Wildman–Crippen LogP) is -0.924. The molecular weight excluding hydrogens is 201 g/mol. The van der Waals surface area contributed by atoms with Crippen LogP contribution in [0.2, 0.25) is 0 Å². The first-order valence-corrected chi connectivity index (χ1v) is 0. The van der Waals surface area contributed by atoms with Gasteiger partial charge in [-0.25, -0.2) is 0 Å². The van der Waals surface area contributed by atoms with Gasteiger partial charge in [0.1, 0.15) is 0 Å². The van der Waals surface area contributed by atoms with E-state index in [-0.39, 0.29) is 81.3 Å². The van der Waals surface area contributed by atoms with Crippen LogP contribution in [-0.4, -0.2) is 23.1 Å². The van der Waals surface area contributed by atoms with Crippen molar-refractivity contribution >= 4 is 23.1 Å². The minimum atomic E-state index is 0. The Bertz CT molecular complexity index is 8.00. The summed E-state index contributed by atoms with van der Waals surface area (Å²) in [5.41, 5.74) is 0. The van der Waals surface area contributed by atoms with Crippen molar-refractivity contribution < 1.29 is 58.3 Å². The van der Waals surface area contributed by atoms with Gasteiger partial charge in [-0.2, -0.15) is 0 Å². The van der Waals surface area contributed by atoms with Crippen LogP contribution in [0.15, 0.2) is 0 Å². The largest absolute Gasteiger partial charge is 0.316 e. The first-order valence-electron chi connectivity index (χ1n) is 0. The third kappa shape index (κ3) is 8.82. The minimum absolute atomic E-state index is 0. The fraction of sp³-hybridized carbons (Fsp3) is 0. The molecule has 0 rings (SSSR count). The molecule has 0 aliphatic carbocycles. The molecule has 0 aliphatic heterocycles. The van der Waals surface area contributed by atoms with Crippen molar-refractivity contribution in [2.45, 2.75) is 0 Å². The monoisotopic (exact) mass is 201 g/mol. The van der Waals surface area contributed by atoms with Crippen LogP contribution in [0.5, 0.6) is 0 Å². The zero-order valence-electron chi connectivity index (χ0n) is 1.51. The quantitative estimate of drug-likeness (QED) is 0.446. The number of hydrogen-bond acceptors (Lipinski definition) is 0. The SMILES string of the molecule is [Cu].[MgH2].[Ti].[Zn]. The van der Waals surface area contributed by atoms with Gasteiger partial charge in [0.15, 0.2) is 0 Å². The summed E-state index contributed by atoms with van der Waals surface area (Å²) in [6.07, 6.45) is 0. The normalized spacial score (nSPS) is 0. The summed E-state index contributed by atoms with van der Waals surface area (Å²) in [5.74, 6) is 0. The molecule has 0 aliphatic rings. The van der Waals surface area contributed by atoms with E-state index in [9.17, 15) is 0 Å². The van der Waals surface area contributed by atoms with Crippen LogP contribution in [0.4, 0.5) is 0 Å². The number of rotatable bonds is 0. The molecule has 0 saturated carbocycles. The van der Waals surface area contributed by atoms with Crippen molar-refractivity contribution in [2.75, 3.05) is 0 Å². The Kier molecular flexibility index (Phi) is 133. The summed E-state index contributed by atoms with van der Waals surface area (Å²) < 4.78 is 0. The Labute approximate surface area is 80.1 Å². The second-order valence-corrected chi connectivity index (χ2v) is 0. The molecule has 0 aromatic rings. The van der Waals surface area contributed by atoms with Crippen LogP contribution in [0.1, 0.15) is 0 Å². The van der Waals surface area contributed by atoms with Gasteiger partial charge in [-0.15, -0.1) is 0 Å². The molecule has 1 radical (unpaired) electrons. The van der Waals surface area contributed by atoms with Gasteiger partial charge in [-0.1, -0.05) is 0 Å². The van der Waals surface area contributed by atoms with Gasteiger partial charge in [-0.3, -0.25) is 0 Å². The zero-order valence-corrected chi connectivity index (χ0v) is 6.98. The van der Waals surface area contributed by atoms with Crippen molar-refractivity contribution in [3.05, 3.63) is 0 Å². The molecule has 21 valence electrons. The fourth-order valence-corrected chi connectivity index (χ4v) is 0. The van der Waals surface area contributed by atoms with Crippen LogP contribution in [0.25, 0.3) is 0 Å². The van der Waals surface area contributed by atoms with E-state index in [1.54, 1.807) is 0 Å². The smallest absolute Gasteiger partial charge is 0 e. The van der Waals surface area contributed by atoms with Crippen LogP contribution < -0.4 is 0 Å². The van der Waals surface area contributed by atoms with Crippen molar-refractivity contribution in [3.8, 4) is 0 Å². The molecule has 4 heavy (non-hydrogen) atoms. The first kappa shape index (κ1) is 30.4. The molecule has 0 saturated heterocycles. The Hall–Kier alpha value is 2.62. The standard InChI is InChI=1S/Cu.Mg.Ti.Zn.2H. The molecule has 0 fully saturated rings. The van der Waals surface area contributed by atoms with E-state index in [0.29, 0.717) is 0 Å². The summed E-state index contributed by atoms with van der Waals surface area (Å²) in [4.78, 5) is 0. The third-order valence-corrected chi connectivity index (χ3v) is 0.